The second-order valence-corrected chi connectivity index (χ2v) is 6.25. The van der Waals surface area contributed by atoms with Gasteiger partial charge in [0.1, 0.15) is 0 Å². The van der Waals surface area contributed by atoms with Crippen molar-refractivity contribution in [1.29, 1.82) is 0 Å². The molecule has 5 heteroatoms. The number of nitrogens with one attached hydrogen (secondary N) is 1. The molecule has 1 heterocycles. The lowest BCUT2D eigenvalue weighted by Gasteiger charge is -2.40. The molecular formula is C10H19N3OS. The van der Waals surface area contributed by atoms with Gasteiger partial charge in [0.15, 0.2) is 5.96 Å². The predicted molar refractivity (Wildman–Crippen MR) is 63.6 cm³/mol. The number of hydrogen-bond donors (Lipinski definition) is 1. The molecule has 1 saturated carbocycles. The summed E-state index contributed by atoms with van der Waals surface area (Å²) in [5.41, 5.74) is 0. The first-order chi connectivity index (χ1) is 7.14. The summed E-state index contributed by atoms with van der Waals surface area (Å²) in [5.74, 6) is 0.965. The van der Waals surface area contributed by atoms with E-state index in [0.29, 0.717) is 0 Å². The maximum atomic E-state index is 11.7. The van der Waals surface area contributed by atoms with Crippen LogP contribution in [-0.2, 0) is 10.8 Å². The quantitative estimate of drug-likeness (QED) is 0.751. The Morgan fingerprint density at radius 2 is 2.33 bits per heavy atom. The van der Waals surface area contributed by atoms with Crippen molar-refractivity contribution < 1.29 is 4.21 Å². The molecule has 0 aromatic rings. The van der Waals surface area contributed by atoms with Gasteiger partial charge in [-0.25, -0.2) is 0 Å². The lowest BCUT2D eigenvalue weighted by Crippen LogP contribution is -2.52. The summed E-state index contributed by atoms with van der Waals surface area (Å²) in [7, 11) is 1.31. The largest absolute Gasteiger partial charge is 0.355 e. The molecule has 2 rings (SSSR count). The van der Waals surface area contributed by atoms with Gasteiger partial charge in [-0.1, -0.05) is 6.42 Å². The van der Waals surface area contributed by atoms with Crippen LogP contribution in [0.5, 0.6) is 0 Å². The van der Waals surface area contributed by atoms with Crippen molar-refractivity contribution in [3.05, 3.63) is 0 Å². The van der Waals surface area contributed by atoms with Crippen LogP contribution >= 0.6 is 0 Å². The zero-order valence-corrected chi connectivity index (χ0v) is 10.3. The third-order valence-corrected chi connectivity index (χ3v) is 5.27. The van der Waals surface area contributed by atoms with Crippen LogP contribution in [0.25, 0.3) is 0 Å². The first-order valence-electron chi connectivity index (χ1n) is 5.47. The second-order valence-electron chi connectivity index (χ2n) is 4.47. The summed E-state index contributed by atoms with van der Waals surface area (Å²) in [6.45, 7) is 2.67. The fourth-order valence-electron chi connectivity index (χ4n) is 2.10. The number of rotatable bonds is 3. The van der Waals surface area contributed by atoms with Crippen LogP contribution < -0.4 is 5.32 Å². The Labute approximate surface area is 93.6 Å². The molecular weight excluding hydrogens is 210 g/mol. The molecule has 1 aliphatic carbocycles. The van der Waals surface area contributed by atoms with Gasteiger partial charge in [-0.15, -0.1) is 0 Å². The monoisotopic (exact) mass is 229 g/mol. The van der Waals surface area contributed by atoms with Crippen molar-refractivity contribution in [1.82, 2.24) is 10.2 Å². The Balaban J connectivity index is 1.89. The third-order valence-electron chi connectivity index (χ3n) is 3.50. The molecule has 0 aromatic carbocycles. The minimum Gasteiger partial charge on any atom is -0.355 e. The number of aliphatic imine (C=N–C) groups is 1. The Hall–Kier alpha value is -0.580. The molecule has 1 unspecified atom stereocenters. The Morgan fingerprint density at radius 3 is 2.73 bits per heavy atom. The molecule has 0 radical (unpaired) electrons. The van der Waals surface area contributed by atoms with Crippen molar-refractivity contribution in [2.24, 2.45) is 4.99 Å². The third kappa shape index (κ3) is 2.02. The molecule has 1 fully saturated rings. The Kier molecular flexibility index (Phi) is 3.00. The summed E-state index contributed by atoms with van der Waals surface area (Å²) in [5, 5.41) is 3.34. The van der Waals surface area contributed by atoms with Gasteiger partial charge in [0.05, 0.1) is 11.3 Å². The number of nitrogens with zero attached hydrogens (tertiary/aromatic N) is 2. The van der Waals surface area contributed by atoms with E-state index in [4.69, 9.17) is 0 Å². The van der Waals surface area contributed by atoms with E-state index in [1.165, 1.54) is 6.42 Å². The molecule has 1 atom stereocenters. The zero-order valence-electron chi connectivity index (χ0n) is 9.45. The highest BCUT2D eigenvalue weighted by molar-refractivity contribution is 7.85. The van der Waals surface area contributed by atoms with Gasteiger partial charge in [-0.05, 0) is 12.8 Å². The molecule has 4 nitrogen and oxygen atoms in total. The highest BCUT2D eigenvalue weighted by Crippen LogP contribution is 2.36. The number of hydrogen-bond acceptors (Lipinski definition) is 4. The molecule has 86 valence electrons. The van der Waals surface area contributed by atoms with E-state index in [-0.39, 0.29) is 4.75 Å². The van der Waals surface area contributed by atoms with Crippen LogP contribution in [0.4, 0.5) is 0 Å². The highest BCUT2D eigenvalue weighted by atomic mass is 32.2. The summed E-state index contributed by atoms with van der Waals surface area (Å²) in [6, 6.07) is 0. The van der Waals surface area contributed by atoms with Crippen LogP contribution in [-0.4, -0.2) is 52.8 Å². The van der Waals surface area contributed by atoms with E-state index in [9.17, 15) is 4.21 Å². The lowest BCUT2D eigenvalue weighted by molar-refractivity contribution is 0.346. The minimum absolute atomic E-state index is 0.0198. The van der Waals surface area contributed by atoms with E-state index in [1.807, 2.05) is 13.3 Å². The average molecular weight is 229 g/mol. The molecule has 2 aliphatic rings. The maximum Gasteiger partial charge on any atom is 0.193 e. The molecule has 0 bridgehead atoms. The van der Waals surface area contributed by atoms with Gasteiger partial charge >= 0.3 is 0 Å². The van der Waals surface area contributed by atoms with Gasteiger partial charge in [-0.2, -0.15) is 0 Å². The van der Waals surface area contributed by atoms with Gasteiger partial charge in [0, 0.05) is 37.2 Å². The normalized spacial score (nSPS) is 25.7. The van der Waals surface area contributed by atoms with E-state index in [0.717, 1.165) is 38.4 Å². The molecule has 0 aromatic heterocycles. The van der Waals surface area contributed by atoms with Crippen molar-refractivity contribution in [2.75, 3.05) is 32.9 Å². The molecule has 0 amide bonds. The first-order valence-corrected chi connectivity index (χ1v) is 7.03. The summed E-state index contributed by atoms with van der Waals surface area (Å²) in [6.07, 6.45) is 5.20. The van der Waals surface area contributed by atoms with Crippen LogP contribution in [0, 0.1) is 0 Å². The van der Waals surface area contributed by atoms with Gasteiger partial charge < -0.3 is 10.2 Å². The molecule has 15 heavy (non-hydrogen) atoms. The maximum absolute atomic E-state index is 11.7. The molecule has 0 spiro atoms. The van der Waals surface area contributed by atoms with Crippen molar-refractivity contribution in [3.63, 3.8) is 0 Å². The van der Waals surface area contributed by atoms with Gasteiger partial charge in [0.2, 0.25) is 0 Å². The van der Waals surface area contributed by atoms with Gasteiger partial charge in [-0.3, -0.25) is 9.20 Å². The van der Waals surface area contributed by atoms with Crippen LogP contribution in [0.2, 0.25) is 0 Å². The molecule has 0 saturated heterocycles. The number of guanidine groups is 1. The van der Waals surface area contributed by atoms with E-state index in [2.05, 4.69) is 15.2 Å². The zero-order chi connectivity index (χ0) is 10.9. The highest BCUT2D eigenvalue weighted by Gasteiger charge is 2.41. The van der Waals surface area contributed by atoms with Crippen LogP contribution in [0.1, 0.15) is 19.3 Å². The fraction of sp³-hybridized carbons (Fsp3) is 0.900. The summed E-state index contributed by atoms with van der Waals surface area (Å²) in [4.78, 5) is 6.49. The lowest BCUT2D eigenvalue weighted by atomic mass is 9.84. The average Bonchev–Trinajstić information content (AvgIpc) is 2.49. The smallest absolute Gasteiger partial charge is 0.193 e. The predicted octanol–water partition coefficient (Wildman–Crippen LogP) is 0.179. The minimum atomic E-state index is -0.729. The van der Waals surface area contributed by atoms with Crippen molar-refractivity contribution in [2.45, 2.75) is 24.0 Å². The van der Waals surface area contributed by atoms with Crippen LogP contribution in [0.15, 0.2) is 4.99 Å². The van der Waals surface area contributed by atoms with Crippen molar-refractivity contribution >= 4 is 16.8 Å². The Bertz CT molecular complexity index is 299. The molecule has 1 N–H and O–H groups in total. The van der Waals surface area contributed by atoms with Crippen molar-refractivity contribution in [3.8, 4) is 0 Å². The van der Waals surface area contributed by atoms with E-state index in [1.54, 1.807) is 0 Å². The van der Waals surface area contributed by atoms with E-state index < -0.39 is 10.8 Å². The Morgan fingerprint density at radius 1 is 1.60 bits per heavy atom. The standard InChI is InChI=1S/C10H19N3OS/c1-13-7-6-11-9(13)12-8-10(15(2)14)4-3-5-10/h3-8H2,1-2H3,(H,11,12). The molecule has 1 aliphatic heterocycles. The fourth-order valence-corrected chi connectivity index (χ4v) is 3.24. The second kappa shape index (κ2) is 4.12. The summed E-state index contributed by atoms with van der Waals surface area (Å²) >= 11 is 0. The number of likely N-dealkylation sites (N-methyl/N-ethyl adjacent to an activating group) is 1. The van der Waals surface area contributed by atoms with Crippen LogP contribution in [0.3, 0.4) is 0 Å². The summed E-state index contributed by atoms with van der Waals surface area (Å²) < 4.78 is 11.7. The topological polar surface area (TPSA) is 44.7 Å². The van der Waals surface area contributed by atoms with E-state index >= 15 is 0 Å². The first kappa shape index (κ1) is 10.9. The SMILES string of the molecule is CN1CCN=C1NCC1(S(C)=O)CCC1. The van der Waals surface area contributed by atoms with Gasteiger partial charge in [0.25, 0.3) is 0 Å².